The van der Waals surface area contributed by atoms with Gasteiger partial charge in [0.05, 0.1) is 6.20 Å². The minimum absolute atomic E-state index is 0.0657. The molecule has 0 amide bonds. The SMILES string of the molecule is Cn1ncc(S(=O)(=O)N2CCCCC2C(=O)O)c1C(F)(F)F. The molecular weight excluding hydrogens is 327 g/mol. The predicted octanol–water partition coefficient (Wildman–Crippen LogP) is 1.07. The summed E-state index contributed by atoms with van der Waals surface area (Å²) in [6, 6.07) is -1.36. The van der Waals surface area contributed by atoms with Gasteiger partial charge in [0.1, 0.15) is 10.9 Å². The summed E-state index contributed by atoms with van der Waals surface area (Å²) >= 11 is 0. The molecule has 0 spiro atoms. The average molecular weight is 341 g/mol. The van der Waals surface area contributed by atoms with E-state index in [1.807, 2.05) is 0 Å². The lowest BCUT2D eigenvalue weighted by atomic mass is 10.1. The Bertz CT molecular complexity index is 683. The zero-order valence-electron chi connectivity index (χ0n) is 11.5. The first-order valence-electron chi connectivity index (χ1n) is 6.40. The topological polar surface area (TPSA) is 92.5 Å². The van der Waals surface area contributed by atoms with Crippen molar-refractivity contribution in [2.45, 2.75) is 36.4 Å². The molecule has 0 saturated carbocycles. The van der Waals surface area contributed by atoms with Crippen LogP contribution in [0.15, 0.2) is 11.1 Å². The largest absolute Gasteiger partial charge is 0.480 e. The summed E-state index contributed by atoms with van der Waals surface area (Å²) in [5.41, 5.74) is -1.41. The highest BCUT2D eigenvalue weighted by Gasteiger charge is 2.45. The number of piperidine rings is 1. The first-order chi connectivity index (χ1) is 10.1. The van der Waals surface area contributed by atoms with Gasteiger partial charge in [0.25, 0.3) is 0 Å². The lowest BCUT2D eigenvalue weighted by Crippen LogP contribution is -2.48. The lowest BCUT2D eigenvalue weighted by molar-refractivity contribution is -0.146. The summed E-state index contributed by atoms with van der Waals surface area (Å²) in [5, 5.41) is 12.5. The number of sulfonamides is 1. The van der Waals surface area contributed by atoms with Crippen molar-refractivity contribution < 1.29 is 31.5 Å². The van der Waals surface area contributed by atoms with Crippen LogP contribution in [-0.4, -0.2) is 46.2 Å². The monoisotopic (exact) mass is 341 g/mol. The molecule has 1 atom stereocenters. The molecule has 2 rings (SSSR count). The average Bonchev–Trinajstić information content (AvgIpc) is 2.81. The van der Waals surface area contributed by atoms with E-state index in [1.54, 1.807) is 0 Å². The van der Waals surface area contributed by atoms with Gasteiger partial charge in [0.15, 0.2) is 5.69 Å². The van der Waals surface area contributed by atoms with E-state index in [1.165, 1.54) is 0 Å². The summed E-state index contributed by atoms with van der Waals surface area (Å²) < 4.78 is 65.1. The number of aromatic nitrogens is 2. The molecule has 124 valence electrons. The predicted molar refractivity (Wildman–Crippen MR) is 67.4 cm³/mol. The van der Waals surface area contributed by atoms with Crippen LogP contribution in [0.5, 0.6) is 0 Å². The van der Waals surface area contributed by atoms with E-state index in [2.05, 4.69) is 5.10 Å². The van der Waals surface area contributed by atoms with Crippen LogP contribution >= 0.6 is 0 Å². The molecule has 1 aliphatic heterocycles. The third kappa shape index (κ3) is 2.82. The van der Waals surface area contributed by atoms with Crippen LogP contribution in [0.3, 0.4) is 0 Å². The molecule has 11 heteroatoms. The number of aryl methyl sites for hydroxylation is 1. The van der Waals surface area contributed by atoms with Gasteiger partial charge in [-0.2, -0.15) is 22.6 Å². The molecule has 7 nitrogen and oxygen atoms in total. The molecular formula is C11H14F3N3O4S. The molecule has 1 fully saturated rings. The van der Waals surface area contributed by atoms with Gasteiger partial charge in [0.2, 0.25) is 10.0 Å². The third-order valence-electron chi connectivity index (χ3n) is 3.50. The molecule has 0 aromatic carbocycles. The molecule has 1 aliphatic rings. The van der Waals surface area contributed by atoms with Gasteiger partial charge < -0.3 is 5.11 Å². The van der Waals surface area contributed by atoms with Crippen LogP contribution in [0.1, 0.15) is 25.0 Å². The molecule has 1 aromatic heterocycles. The molecule has 1 saturated heterocycles. The van der Waals surface area contributed by atoms with Crippen LogP contribution < -0.4 is 0 Å². The minimum Gasteiger partial charge on any atom is -0.480 e. The van der Waals surface area contributed by atoms with Crippen LogP contribution in [-0.2, 0) is 28.0 Å². The number of hydrogen-bond acceptors (Lipinski definition) is 4. The molecule has 1 aromatic rings. The highest BCUT2D eigenvalue weighted by atomic mass is 32.2. The highest BCUT2D eigenvalue weighted by molar-refractivity contribution is 7.89. The normalized spacial score (nSPS) is 21.0. The summed E-state index contributed by atoms with van der Waals surface area (Å²) in [7, 11) is -3.62. The fourth-order valence-electron chi connectivity index (χ4n) is 2.50. The van der Waals surface area contributed by atoms with Gasteiger partial charge in [-0.25, -0.2) is 8.42 Å². The van der Waals surface area contributed by atoms with Crippen LogP contribution in [0.25, 0.3) is 0 Å². The van der Waals surface area contributed by atoms with E-state index in [0.717, 1.165) is 7.05 Å². The number of hydrogen-bond donors (Lipinski definition) is 1. The Morgan fingerprint density at radius 3 is 2.59 bits per heavy atom. The fourth-order valence-corrected chi connectivity index (χ4v) is 4.32. The summed E-state index contributed by atoms with van der Waals surface area (Å²) in [6.07, 6.45) is -3.35. The smallest absolute Gasteiger partial charge is 0.434 e. The number of carboxylic acids is 1. The van der Waals surface area contributed by atoms with Crippen molar-refractivity contribution in [3.63, 3.8) is 0 Å². The maximum atomic E-state index is 13.0. The van der Waals surface area contributed by atoms with Crippen molar-refractivity contribution in [3.05, 3.63) is 11.9 Å². The summed E-state index contributed by atoms with van der Waals surface area (Å²) in [6.45, 7) is -0.133. The molecule has 1 N–H and O–H groups in total. The maximum Gasteiger partial charge on any atom is 0.434 e. The number of carbonyl (C=O) groups is 1. The Labute approximate surface area is 124 Å². The Hall–Kier alpha value is -1.62. The van der Waals surface area contributed by atoms with Crippen molar-refractivity contribution in [2.75, 3.05) is 6.54 Å². The number of nitrogens with zero attached hydrogens (tertiary/aromatic N) is 3. The number of carboxylic acid groups (broad SMARTS) is 1. The van der Waals surface area contributed by atoms with E-state index in [0.29, 0.717) is 28.0 Å². The van der Waals surface area contributed by atoms with E-state index in [9.17, 15) is 26.4 Å². The Morgan fingerprint density at radius 2 is 2.05 bits per heavy atom. The number of halogens is 3. The number of alkyl halides is 3. The van der Waals surface area contributed by atoms with E-state index in [-0.39, 0.29) is 13.0 Å². The third-order valence-corrected chi connectivity index (χ3v) is 5.41. The zero-order valence-corrected chi connectivity index (χ0v) is 12.4. The first kappa shape index (κ1) is 16.7. The Morgan fingerprint density at radius 1 is 1.41 bits per heavy atom. The van der Waals surface area contributed by atoms with E-state index in [4.69, 9.17) is 5.11 Å². The standard InChI is InChI=1S/C11H14F3N3O4S/c1-16-9(11(12,13)14)8(6-15-16)22(20,21)17-5-3-2-4-7(17)10(18)19/h6-7H,2-5H2,1H3,(H,18,19). The number of aliphatic carboxylic acids is 1. The summed E-state index contributed by atoms with van der Waals surface area (Å²) in [5.74, 6) is -1.37. The molecule has 0 aliphatic carbocycles. The molecule has 0 radical (unpaired) electrons. The van der Waals surface area contributed by atoms with Gasteiger partial charge in [-0.1, -0.05) is 0 Å². The molecule has 2 heterocycles. The van der Waals surface area contributed by atoms with Gasteiger partial charge in [-0.15, -0.1) is 0 Å². The quantitative estimate of drug-likeness (QED) is 0.888. The van der Waals surface area contributed by atoms with Crippen LogP contribution in [0.4, 0.5) is 13.2 Å². The van der Waals surface area contributed by atoms with Crippen molar-refractivity contribution in [2.24, 2.45) is 7.05 Å². The Balaban J connectivity index is 2.53. The van der Waals surface area contributed by atoms with Crippen molar-refractivity contribution in [1.29, 1.82) is 0 Å². The lowest BCUT2D eigenvalue weighted by Gasteiger charge is -2.31. The van der Waals surface area contributed by atoms with Crippen molar-refractivity contribution in [1.82, 2.24) is 14.1 Å². The first-order valence-corrected chi connectivity index (χ1v) is 7.84. The van der Waals surface area contributed by atoms with E-state index < -0.39 is 38.8 Å². The second-order valence-electron chi connectivity index (χ2n) is 4.94. The van der Waals surface area contributed by atoms with Gasteiger partial charge >= 0.3 is 12.1 Å². The highest BCUT2D eigenvalue weighted by Crippen LogP contribution is 2.36. The molecule has 0 bridgehead atoms. The van der Waals surface area contributed by atoms with Crippen LogP contribution in [0, 0.1) is 0 Å². The Kier molecular flexibility index (Phi) is 4.22. The maximum absolute atomic E-state index is 13.0. The summed E-state index contributed by atoms with van der Waals surface area (Å²) in [4.78, 5) is 10.2. The van der Waals surface area contributed by atoms with Gasteiger partial charge in [-0.05, 0) is 19.3 Å². The van der Waals surface area contributed by atoms with Crippen molar-refractivity contribution >= 4 is 16.0 Å². The minimum atomic E-state index is -4.91. The van der Waals surface area contributed by atoms with Gasteiger partial charge in [-0.3, -0.25) is 9.48 Å². The molecule has 1 unspecified atom stereocenters. The fraction of sp³-hybridized carbons (Fsp3) is 0.636. The van der Waals surface area contributed by atoms with Crippen LogP contribution in [0.2, 0.25) is 0 Å². The number of rotatable bonds is 3. The molecule has 22 heavy (non-hydrogen) atoms. The van der Waals surface area contributed by atoms with E-state index >= 15 is 0 Å². The van der Waals surface area contributed by atoms with Crippen molar-refractivity contribution in [3.8, 4) is 0 Å². The second-order valence-corrected chi connectivity index (χ2v) is 6.80. The second kappa shape index (κ2) is 5.54. The van der Waals surface area contributed by atoms with Gasteiger partial charge in [0, 0.05) is 13.6 Å². The zero-order chi connectivity index (χ0) is 16.7.